The number of hydrogen-bond donors (Lipinski definition) is 0. The number of fused-ring (bicyclic) bond motifs is 1. The van der Waals surface area contributed by atoms with Crippen LogP contribution in [0, 0.1) is 0 Å². The molecule has 0 saturated carbocycles. The Balaban J connectivity index is 0.000000980. The average Bonchev–Trinajstić information content (AvgIpc) is 2.17. The van der Waals surface area contributed by atoms with E-state index in [-0.39, 0.29) is 34.6 Å². The zero-order valence-corrected chi connectivity index (χ0v) is 10.5. The Morgan fingerprint density at radius 1 is 1.21 bits per heavy atom. The Morgan fingerprint density at radius 3 is 2.64 bits per heavy atom. The Bertz CT molecular complexity index is 470. The Morgan fingerprint density at radius 2 is 1.93 bits per heavy atom. The van der Waals surface area contributed by atoms with Crippen molar-refractivity contribution in [3.05, 3.63) is 36.5 Å². The summed E-state index contributed by atoms with van der Waals surface area (Å²) in [6, 6.07) is 9.03. The fourth-order valence-corrected chi connectivity index (χ4v) is 1.74. The number of benzene rings is 1. The molecule has 5 heteroatoms. The van der Waals surface area contributed by atoms with Gasteiger partial charge in [-0.25, -0.2) is 4.98 Å². The van der Waals surface area contributed by atoms with Crippen LogP contribution in [0.2, 0.25) is 0 Å². The van der Waals surface area contributed by atoms with Crippen LogP contribution in [0.3, 0.4) is 0 Å². The molecule has 1 atom stereocenters. The topological polar surface area (TPSA) is 53.0 Å². The van der Waals surface area contributed by atoms with Crippen molar-refractivity contribution in [2.45, 2.75) is 5.03 Å². The summed E-state index contributed by atoms with van der Waals surface area (Å²) in [5.74, 6) is 0. The van der Waals surface area contributed by atoms with Gasteiger partial charge >= 0.3 is 29.6 Å². The summed E-state index contributed by atoms with van der Waals surface area (Å²) in [6.45, 7) is 0. The molecule has 14 heavy (non-hydrogen) atoms. The van der Waals surface area contributed by atoms with Crippen LogP contribution in [0.4, 0.5) is 0 Å². The van der Waals surface area contributed by atoms with Gasteiger partial charge in [-0.05, 0) is 22.5 Å². The number of rotatable bonds is 1. The van der Waals surface area contributed by atoms with E-state index in [2.05, 4.69) is 4.98 Å². The van der Waals surface area contributed by atoms with Gasteiger partial charge in [0.2, 0.25) is 0 Å². The van der Waals surface area contributed by atoms with Gasteiger partial charge in [-0.1, -0.05) is 24.3 Å². The first kappa shape index (κ1) is 11.8. The van der Waals surface area contributed by atoms with Gasteiger partial charge < -0.3 is 4.55 Å². The molecule has 66 valence electrons. The molecule has 0 N–H and O–H groups in total. The molecule has 0 aliphatic heterocycles. The molecule has 1 unspecified atom stereocenters. The smallest absolute Gasteiger partial charge is 0.767 e. The molecule has 0 saturated heterocycles. The minimum Gasteiger partial charge on any atom is -0.767 e. The summed E-state index contributed by atoms with van der Waals surface area (Å²) in [4.78, 5) is 3.79. The number of hydrogen-bond acceptors (Lipinski definition) is 3. The van der Waals surface area contributed by atoms with E-state index in [1.165, 1.54) is 6.20 Å². The molecule has 2 rings (SSSR count). The maximum absolute atomic E-state index is 10.8. The van der Waals surface area contributed by atoms with Crippen molar-refractivity contribution in [2.75, 3.05) is 0 Å². The zero-order valence-electron chi connectivity index (χ0n) is 7.64. The van der Waals surface area contributed by atoms with E-state index >= 15 is 0 Å². The van der Waals surface area contributed by atoms with E-state index in [9.17, 15) is 8.76 Å². The molecule has 1 heterocycles. The molecule has 2 aromatic rings. The van der Waals surface area contributed by atoms with Crippen molar-refractivity contribution in [3.8, 4) is 0 Å². The molecular formula is C9H6NNaO2S. The summed E-state index contributed by atoms with van der Waals surface area (Å²) in [7, 11) is 0. The van der Waals surface area contributed by atoms with Crippen LogP contribution in [-0.4, -0.2) is 13.7 Å². The van der Waals surface area contributed by atoms with Crippen molar-refractivity contribution in [1.29, 1.82) is 0 Å². The predicted octanol–water partition coefficient (Wildman–Crippen LogP) is -1.52. The number of nitrogens with zero attached hydrogens (tertiary/aromatic N) is 1. The van der Waals surface area contributed by atoms with Gasteiger partial charge in [-0.3, -0.25) is 4.21 Å². The van der Waals surface area contributed by atoms with E-state index in [0.717, 1.165) is 5.39 Å². The average molecular weight is 215 g/mol. The Kier molecular flexibility index (Phi) is 4.22. The Labute approximate surface area is 106 Å². The molecule has 0 spiro atoms. The van der Waals surface area contributed by atoms with E-state index in [4.69, 9.17) is 0 Å². The molecule has 0 aliphatic rings. The van der Waals surface area contributed by atoms with Crippen LogP contribution >= 0.6 is 0 Å². The third-order valence-corrected chi connectivity index (χ3v) is 2.44. The molecule has 1 aromatic heterocycles. The molecule has 0 bridgehead atoms. The number of aromatic nitrogens is 1. The minimum absolute atomic E-state index is 0. The maximum atomic E-state index is 10.8. The van der Waals surface area contributed by atoms with Crippen LogP contribution < -0.4 is 29.6 Å². The molecule has 0 fully saturated rings. The van der Waals surface area contributed by atoms with Crippen LogP contribution in [0.15, 0.2) is 41.6 Å². The first-order valence-corrected chi connectivity index (χ1v) is 4.79. The fourth-order valence-electron chi connectivity index (χ4n) is 1.22. The third-order valence-electron chi connectivity index (χ3n) is 1.79. The van der Waals surface area contributed by atoms with Gasteiger partial charge in [0.05, 0.1) is 0 Å². The summed E-state index contributed by atoms with van der Waals surface area (Å²) in [6.07, 6.45) is 1.49. The van der Waals surface area contributed by atoms with Crippen LogP contribution in [0.5, 0.6) is 0 Å². The van der Waals surface area contributed by atoms with Crippen molar-refractivity contribution in [1.82, 2.24) is 4.98 Å². The van der Waals surface area contributed by atoms with Crippen molar-refractivity contribution in [2.24, 2.45) is 0 Å². The van der Waals surface area contributed by atoms with Crippen LogP contribution in [-0.2, 0) is 11.1 Å². The molecular weight excluding hydrogens is 209 g/mol. The van der Waals surface area contributed by atoms with E-state index < -0.39 is 11.1 Å². The summed E-state index contributed by atoms with van der Waals surface area (Å²) < 4.78 is 21.5. The normalized spacial score (nSPS) is 12.1. The molecule has 0 amide bonds. The fraction of sp³-hybridized carbons (Fsp3) is 0. The van der Waals surface area contributed by atoms with Gasteiger partial charge in [-0.2, -0.15) is 0 Å². The molecule has 1 aromatic carbocycles. The van der Waals surface area contributed by atoms with Crippen LogP contribution in [0.25, 0.3) is 10.8 Å². The summed E-state index contributed by atoms with van der Waals surface area (Å²) in [5.41, 5.74) is 0. The van der Waals surface area contributed by atoms with Gasteiger partial charge in [0.15, 0.2) is 0 Å². The van der Waals surface area contributed by atoms with E-state index in [1.54, 1.807) is 18.2 Å². The van der Waals surface area contributed by atoms with Crippen molar-refractivity contribution >= 4 is 21.9 Å². The second-order valence-corrected chi connectivity index (χ2v) is 3.43. The Hall–Kier alpha value is -0.260. The first-order chi connectivity index (χ1) is 6.29. The van der Waals surface area contributed by atoms with Crippen LogP contribution in [0.1, 0.15) is 0 Å². The monoisotopic (exact) mass is 215 g/mol. The van der Waals surface area contributed by atoms with Gasteiger partial charge in [0, 0.05) is 11.6 Å². The van der Waals surface area contributed by atoms with Gasteiger partial charge in [0.25, 0.3) is 0 Å². The third kappa shape index (κ3) is 2.21. The number of pyridine rings is 1. The van der Waals surface area contributed by atoms with E-state index in [0.29, 0.717) is 5.39 Å². The predicted molar refractivity (Wildman–Crippen MR) is 48.9 cm³/mol. The first-order valence-electron chi connectivity index (χ1n) is 3.72. The molecule has 0 radical (unpaired) electrons. The van der Waals surface area contributed by atoms with Crippen molar-refractivity contribution in [3.63, 3.8) is 0 Å². The standard InChI is InChI=1S/C9H7NO2S.Na/c11-13(12)9-8-4-2-1-3-7(8)5-6-10-9;/h1-6H,(H,11,12);/q;+1/p-1. The second-order valence-electron chi connectivity index (χ2n) is 2.57. The van der Waals surface area contributed by atoms with E-state index in [1.807, 2.05) is 12.1 Å². The largest absolute Gasteiger partial charge is 1.00 e. The second kappa shape index (κ2) is 5.00. The van der Waals surface area contributed by atoms with Crippen molar-refractivity contribution < 1.29 is 38.3 Å². The zero-order chi connectivity index (χ0) is 9.26. The summed E-state index contributed by atoms with van der Waals surface area (Å²) >= 11 is -2.26. The van der Waals surface area contributed by atoms with Gasteiger partial charge in [-0.15, -0.1) is 0 Å². The maximum Gasteiger partial charge on any atom is 1.00 e. The molecule has 0 aliphatic carbocycles. The molecule has 3 nitrogen and oxygen atoms in total. The quantitative estimate of drug-likeness (QED) is 0.428. The van der Waals surface area contributed by atoms with Gasteiger partial charge in [0.1, 0.15) is 5.03 Å². The SMILES string of the molecule is O=S([O-])c1nccc2ccccc12.[Na+]. The summed E-state index contributed by atoms with van der Waals surface area (Å²) in [5, 5.41) is 1.66. The minimum atomic E-state index is -2.26.